The van der Waals surface area contributed by atoms with Crippen LogP contribution in [0.15, 0.2) is 42.5 Å². The molecule has 0 bridgehead atoms. The van der Waals surface area contributed by atoms with Crippen LogP contribution in [0.25, 0.3) is 0 Å². The second-order valence-corrected chi connectivity index (χ2v) is 6.78. The van der Waals surface area contributed by atoms with Crippen molar-refractivity contribution in [3.8, 4) is 5.75 Å². The highest BCUT2D eigenvalue weighted by Crippen LogP contribution is 2.31. The van der Waals surface area contributed by atoms with Gasteiger partial charge in [0.1, 0.15) is 5.75 Å². The first-order valence-corrected chi connectivity index (χ1v) is 8.20. The number of anilines is 2. The van der Waals surface area contributed by atoms with Crippen molar-refractivity contribution in [1.29, 1.82) is 0 Å². The average Bonchev–Trinajstić information content (AvgIpc) is 2.60. The Morgan fingerprint density at radius 1 is 0.923 bits per heavy atom. The minimum Gasteiger partial charge on any atom is -0.495 e. The molecule has 0 heterocycles. The second-order valence-electron chi connectivity index (χ2n) is 6.78. The summed E-state index contributed by atoms with van der Waals surface area (Å²) in [4.78, 5) is 24.3. The van der Waals surface area contributed by atoms with Gasteiger partial charge in [-0.2, -0.15) is 0 Å². The number of rotatable bonds is 4. The van der Waals surface area contributed by atoms with Gasteiger partial charge in [-0.05, 0) is 35.2 Å². The van der Waals surface area contributed by atoms with Crippen molar-refractivity contribution < 1.29 is 19.1 Å². The molecule has 2 amide bonds. The maximum atomic E-state index is 12.4. The Bertz CT molecular complexity index is 810. The van der Waals surface area contributed by atoms with Gasteiger partial charge in [0.05, 0.1) is 31.2 Å². The predicted molar refractivity (Wildman–Crippen MR) is 102 cm³/mol. The molecule has 0 aromatic heterocycles. The van der Waals surface area contributed by atoms with Crippen molar-refractivity contribution in [2.75, 3.05) is 24.9 Å². The fourth-order valence-electron chi connectivity index (χ4n) is 2.43. The molecule has 138 valence electrons. The summed E-state index contributed by atoms with van der Waals surface area (Å²) >= 11 is 0. The maximum Gasteiger partial charge on any atom is 0.339 e. The molecule has 6 nitrogen and oxygen atoms in total. The molecule has 2 aromatic rings. The van der Waals surface area contributed by atoms with Gasteiger partial charge in [-0.1, -0.05) is 39.0 Å². The summed E-state index contributed by atoms with van der Waals surface area (Å²) in [6, 6.07) is 11.8. The number of urea groups is 1. The number of nitrogens with one attached hydrogen (secondary N) is 2. The van der Waals surface area contributed by atoms with Crippen LogP contribution >= 0.6 is 0 Å². The number of ether oxygens (including phenoxy) is 2. The van der Waals surface area contributed by atoms with Crippen LogP contribution in [0.4, 0.5) is 16.2 Å². The Kier molecular flexibility index (Phi) is 5.87. The number of amides is 2. The Morgan fingerprint density at radius 3 is 2.19 bits per heavy atom. The zero-order valence-electron chi connectivity index (χ0n) is 15.7. The second kappa shape index (κ2) is 7.91. The third-order valence-corrected chi connectivity index (χ3v) is 3.89. The van der Waals surface area contributed by atoms with Gasteiger partial charge < -0.3 is 20.1 Å². The van der Waals surface area contributed by atoms with Crippen LogP contribution in [0.5, 0.6) is 5.75 Å². The van der Waals surface area contributed by atoms with E-state index in [9.17, 15) is 9.59 Å². The van der Waals surface area contributed by atoms with Crippen LogP contribution in [-0.2, 0) is 10.2 Å². The van der Waals surface area contributed by atoms with Crippen LogP contribution < -0.4 is 15.4 Å². The van der Waals surface area contributed by atoms with Gasteiger partial charge in [-0.15, -0.1) is 0 Å². The summed E-state index contributed by atoms with van der Waals surface area (Å²) < 4.78 is 10.1. The molecule has 6 heteroatoms. The number of carbonyl (C=O) groups excluding carboxylic acids is 2. The summed E-state index contributed by atoms with van der Waals surface area (Å²) in [6.45, 7) is 6.27. The lowest BCUT2D eigenvalue weighted by Gasteiger charge is -2.21. The van der Waals surface area contributed by atoms with E-state index < -0.39 is 12.0 Å². The lowest BCUT2D eigenvalue weighted by molar-refractivity contribution is 0.0602. The van der Waals surface area contributed by atoms with Crippen LogP contribution in [0.3, 0.4) is 0 Å². The Balaban J connectivity index is 2.25. The number of hydrogen-bond acceptors (Lipinski definition) is 4. The minimum atomic E-state index is -0.520. The van der Waals surface area contributed by atoms with E-state index in [1.165, 1.54) is 7.11 Å². The van der Waals surface area contributed by atoms with Gasteiger partial charge in [-0.3, -0.25) is 0 Å². The Labute approximate surface area is 153 Å². The number of benzene rings is 2. The highest BCUT2D eigenvalue weighted by Gasteiger charge is 2.18. The number of hydrogen-bond donors (Lipinski definition) is 2. The Morgan fingerprint density at radius 2 is 1.58 bits per heavy atom. The summed E-state index contributed by atoms with van der Waals surface area (Å²) in [5.41, 5.74) is 2.18. The summed E-state index contributed by atoms with van der Waals surface area (Å²) in [5, 5.41) is 5.46. The third-order valence-electron chi connectivity index (χ3n) is 3.89. The quantitative estimate of drug-likeness (QED) is 0.795. The van der Waals surface area contributed by atoms with Crippen molar-refractivity contribution in [2.24, 2.45) is 0 Å². The summed E-state index contributed by atoms with van der Waals surface area (Å²) in [7, 11) is 2.84. The number of carbonyl (C=O) groups is 2. The molecule has 0 aliphatic carbocycles. The minimum absolute atomic E-state index is 0.0728. The monoisotopic (exact) mass is 356 g/mol. The van der Waals surface area contributed by atoms with Crippen molar-refractivity contribution in [3.63, 3.8) is 0 Å². The van der Waals surface area contributed by atoms with Crippen LogP contribution in [0.2, 0.25) is 0 Å². The molecular formula is C20H24N2O4. The number of para-hydroxylation sites is 1. The first-order chi connectivity index (χ1) is 12.3. The highest BCUT2D eigenvalue weighted by molar-refractivity contribution is 6.05. The Hall–Kier alpha value is -3.02. The molecule has 0 fully saturated rings. The molecule has 0 saturated heterocycles. The van der Waals surface area contributed by atoms with Gasteiger partial charge in [0.25, 0.3) is 0 Å². The first-order valence-electron chi connectivity index (χ1n) is 8.20. The molecule has 0 radical (unpaired) electrons. The van der Waals surface area contributed by atoms with Gasteiger partial charge in [0.15, 0.2) is 0 Å². The molecule has 0 spiro atoms. The van der Waals surface area contributed by atoms with Gasteiger partial charge in [0, 0.05) is 0 Å². The van der Waals surface area contributed by atoms with Crippen molar-refractivity contribution >= 4 is 23.4 Å². The summed E-state index contributed by atoms with van der Waals surface area (Å²) in [6.07, 6.45) is 0. The number of esters is 1. The molecular weight excluding hydrogens is 332 g/mol. The average molecular weight is 356 g/mol. The molecule has 2 rings (SSSR count). The molecule has 2 aromatic carbocycles. The number of methoxy groups -OCH3 is 2. The zero-order valence-corrected chi connectivity index (χ0v) is 15.7. The molecule has 2 N–H and O–H groups in total. The fourth-order valence-corrected chi connectivity index (χ4v) is 2.43. The fraction of sp³-hybridized carbons (Fsp3) is 0.300. The van der Waals surface area contributed by atoms with Gasteiger partial charge >= 0.3 is 12.0 Å². The van der Waals surface area contributed by atoms with Gasteiger partial charge in [0.2, 0.25) is 0 Å². The van der Waals surface area contributed by atoms with E-state index in [1.54, 1.807) is 31.4 Å². The topological polar surface area (TPSA) is 76.7 Å². The highest BCUT2D eigenvalue weighted by atomic mass is 16.5. The molecule has 0 aliphatic rings. The van der Waals surface area contributed by atoms with E-state index in [-0.39, 0.29) is 11.0 Å². The first kappa shape index (κ1) is 19.3. The van der Waals surface area contributed by atoms with Crippen molar-refractivity contribution in [2.45, 2.75) is 26.2 Å². The van der Waals surface area contributed by atoms with Crippen molar-refractivity contribution in [1.82, 2.24) is 0 Å². The van der Waals surface area contributed by atoms with Crippen molar-refractivity contribution in [3.05, 3.63) is 53.6 Å². The largest absolute Gasteiger partial charge is 0.495 e. The standard InChI is InChI=1S/C20H24N2O4/c1-20(2,3)13-10-11-17(25-4)16(12-13)22-19(24)21-15-9-7-6-8-14(15)18(23)26-5/h6-12H,1-5H3,(H2,21,22,24). The smallest absolute Gasteiger partial charge is 0.339 e. The molecule has 0 atom stereocenters. The molecule has 26 heavy (non-hydrogen) atoms. The van der Waals surface area contributed by atoms with E-state index in [1.807, 2.05) is 18.2 Å². The summed E-state index contributed by atoms with van der Waals surface area (Å²) in [5.74, 6) is 0.0302. The van der Waals surface area contributed by atoms with Crippen LogP contribution in [0.1, 0.15) is 36.7 Å². The lowest BCUT2D eigenvalue weighted by atomic mass is 9.87. The predicted octanol–water partition coefficient (Wildman–Crippen LogP) is 4.42. The molecule has 0 aliphatic heterocycles. The van der Waals surface area contributed by atoms with Crippen LogP contribution in [-0.4, -0.2) is 26.2 Å². The van der Waals surface area contributed by atoms with E-state index in [0.29, 0.717) is 17.1 Å². The zero-order chi connectivity index (χ0) is 19.3. The third kappa shape index (κ3) is 4.53. The SMILES string of the molecule is COC(=O)c1ccccc1NC(=O)Nc1cc(C(C)(C)C)ccc1OC. The maximum absolute atomic E-state index is 12.4. The van der Waals surface area contributed by atoms with E-state index in [0.717, 1.165) is 5.56 Å². The molecule has 0 unspecified atom stereocenters. The van der Waals surface area contributed by atoms with E-state index in [4.69, 9.17) is 9.47 Å². The van der Waals surface area contributed by atoms with E-state index in [2.05, 4.69) is 31.4 Å². The molecule has 0 saturated carbocycles. The van der Waals surface area contributed by atoms with E-state index >= 15 is 0 Å². The lowest BCUT2D eigenvalue weighted by Crippen LogP contribution is -2.22. The van der Waals surface area contributed by atoms with Gasteiger partial charge in [-0.25, -0.2) is 9.59 Å². The normalized spacial score (nSPS) is 10.8. The van der Waals surface area contributed by atoms with Crippen LogP contribution in [0, 0.1) is 0 Å².